The van der Waals surface area contributed by atoms with Gasteiger partial charge in [-0.2, -0.15) is 0 Å². The maximum absolute atomic E-state index is 13.8. The van der Waals surface area contributed by atoms with E-state index in [4.69, 9.17) is 14.5 Å². The van der Waals surface area contributed by atoms with Crippen molar-refractivity contribution in [2.24, 2.45) is 0 Å². The Bertz CT molecular complexity index is 1490. The smallest absolute Gasteiger partial charge is 0.266 e. The number of fused-ring (bicyclic) bond motifs is 2. The van der Waals surface area contributed by atoms with Crippen molar-refractivity contribution in [1.82, 2.24) is 14.5 Å². The van der Waals surface area contributed by atoms with Gasteiger partial charge in [0, 0.05) is 12.1 Å². The summed E-state index contributed by atoms with van der Waals surface area (Å²) in [6.07, 6.45) is 1.75. The lowest BCUT2D eigenvalue weighted by Gasteiger charge is -2.31. The van der Waals surface area contributed by atoms with Gasteiger partial charge in [0.05, 0.1) is 22.6 Å². The fourth-order valence-corrected chi connectivity index (χ4v) is 4.58. The molecule has 0 saturated carbocycles. The summed E-state index contributed by atoms with van der Waals surface area (Å²) in [6.45, 7) is 6.69. The zero-order chi connectivity index (χ0) is 25.2. The number of rotatable bonds is 7. The Kier molecular flexibility index (Phi) is 6.46. The van der Waals surface area contributed by atoms with Crippen LogP contribution in [0.15, 0.2) is 71.5 Å². The summed E-state index contributed by atoms with van der Waals surface area (Å²) in [5.74, 6) is 1.57. The lowest BCUT2D eigenvalue weighted by Crippen LogP contribution is -2.38. The molecule has 36 heavy (non-hydrogen) atoms. The second-order valence-electron chi connectivity index (χ2n) is 9.06. The summed E-state index contributed by atoms with van der Waals surface area (Å²) < 4.78 is 12.5. The van der Waals surface area contributed by atoms with E-state index in [1.165, 1.54) is 0 Å². The average Bonchev–Trinajstić information content (AvgIpc) is 3.36. The number of para-hydroxylation sites is 1. The largest absolute Gasteiger partial charge is 0.454 e. The average molecular weight is 484 g/mol. The van der Waals surface area contributed by atoms with Crippen molar-refractivity contribution in [3.05, 3.63) is 94.0 Å². The van der Waals surface area contributed by atoms with Crippen LogP contribution in [0.25, 0.3) is 16.6 Å². The summed E-state index contributed by atoms with van der Waals surface area (Å²) in [4.78, 5) is 34.3. The Morgan fingerprint density at radius 2 is 1.86 bits per heavy atom. The highest BCUT2D eigenvalue weighted by molar-refractivity contribution is 5.95. The van der Waals surface area contributed by atoms with Crippen molar-refractivity contribution in [2.45, 2.75) is 39.7 Å². The molecule has 1 aromatic heterocycles. The van der Waals surface area contributed by atoms with Crippen LogP contribution in [0.1, 0.15) is 54.5 Å². The van der Waals surface area contributed by atoms with Gasteiger partial charge in [0.2, 0.25) is 6.79 Å². The maximum atomic E-state index is 13.8. The quantitative estimate of drug-likeness (QED) is 0.351. The van der Waals surface area contributed by atoms with Crippen LogP contribution in [-0.2, 0) is 0 Å². The first-order valence-corrected chi connectivity index (χ1v) is 12.3. The molecular weight excluding hydrogens is 454 g/mol. The van der Waals surface area contributed by atoms with E-state index >= 15 is 0 Å². The second kappa shape index (κ2) is 9.85. The van der Waals surface area contributed by atoms with Gasteiger partial charge in [0.15, 0.2) is 11.5 Å². The number of aromatic nitrogens is 2. The van der Waals surface area contributed by atoms with E-state index in [1.54, 1.807) is 33.7 Å². The van der Waals surface area contributed by atoms with E-state index in [9.17, 15) is 9.59 Å². The second-order valence-corrected chi connectivity index (χ2v) is 9.06. The van der Waals surface area contributed by atoms with E-state index in [0.717, 1.165) is 24.1 Å². The molecule has 1 aliphatic heterocycles. The fraction of sp³-hybridized carbons (Fsp3) is 0.276. The summed E-state index contributed by atoms with van der Waals surface area (Å²) in [7, 11) is 0. The molecule has 184 valence electrons. The number of carbonyl (C=O) groups excluding carboxylic acids is 1. The van der Waals surface area contributed by atoms with Gasteiger partial charge in [-0.25, -0.2) is 4.98 Å². The molecule has 1 aliphatic rings. The molecule has 0 radical (unpaired) electrons. The third kappa shape index (κ3) is 4.33. The van der Waals surface area contributed by atoms with E-state index in [0.29, 0.717) is 40.3 Å². The minimum absolute atomic E-state index is 0.146. The molecule has 7 heteroatoms. The number of hydrogen-bond acceptors (Lipinski definition) is 5. The van der Waals surface area contributed by atoms with Crippen molar-refractivity contribution < 1.29 is 14.3 Å². The Balaban J connectivity index is 1.65. The molecule has 1 atom stereocenters. The summed E-state index contributed by atoms with van der Waals surface area (Å²) in [5, 5.41) is 0.539. The molecule has 4 aromatic rings. The number of unbranched alkanes of at least 4 members (excludes halogenated alkanes) is 1. The van der Waals surface area contributed by atoms with E-state index < -0.39 is 6.04 Å². The molecule has 1 amide bonds. The number of carbonyl (C=O) groups is 1. The number of amides is 1. The third-order valence-corrected chi connectivity index (χ3v) is 6.54. The number of aryl methyl sites for hydroxylation is 1. The first-order valence-electron chi connectivity index (χ1n) is 12.3. The SMILES string of the molecule is CCCCN(C(=O)c1ccc2c(c1)OCO2)C(C)c1nc2ccccc2c(=O)n1-c1cccc(C)c1. The van der Waals surface area contributed by atoms with Crippen LogP contribution < -0.4 is 15.0 Å². The van der Waals surface area contributed by atoms with Crippen LogP contribution in [-0.4, -0.2) is 33.7 Å². The minimum Gasteiger partial charge on any atom is -0.454 e. The van der Waals surface area contributed by atoms with Crippen LogP contribution in [0.2, 0.25) is 0 Å². The Labute approximate surface area is 209 Å². The van der Waals surface area contributed by atoms with Crippen LogP contribution >= 0.6 is 0 Å². The standard InChI is InChI=1S/C29H29N3O4/c1-4-5-15-31(28(33)21-13-14-25-26(17-21)36-18-35-25)20(3)27-30-24-12-7-6-11-23(24)29(34)32(27)22-10-8-9-19(2)16-22/h6-14,16-17,20H,4-5,15,18H2,1-3H3. The molecule has 2 heterocycles. The monoisotopic (exact) mass is 483 g/mol. The maximum Gasteiger partial charge on any atom is 0.266 e. The summed E-state index contributed by atoms with van der Waals surface area (Å²) in [5.41, 5.74) is 2.72. The lowest BCUT2D eigenvalue weighted by molar-refractivity contribution is 0.0677. The number of hydrogen-bond donors (Lipinski definition) is 0. The lowest BCUT2D eigenvalue weighted by atomic mass is 10.1. The Hall–Kier alpha value is -4.13. The van der Waals surface area contributed by atoms with Crippen LogP contribution in [0.4, 0.5) is 0 Å². The van der Waals surface area contributed by atoms with Crippen LogP contribution in [0.5, 0.6) is 11.5 Å². The summed E-state index contributed by atoms with van der Waals surface area (Å²) in [6, 6.07) is 19.9. The van der Waals surface area contributed by atoms with Gasteiger partial charge in [-0.05, 0) is 68.3 Å². The molecule has 0 aliphatic carbocycles. The van der Waals surface area contributed by atoms with Gasteiger partial charge in [-0.15, -0.1) is 0 Å². The van der Waals surface area contributed by atoms with Crippen LogP contribution in [0, 0.1) is 6.92 Å². The molecule has 5 rings (SSSR count). The van der Waals surface area contributed by atoms with Gasteiger partial charge in [-0.1, -0.05) is 37.6 Å². The van der Waals surface area contributed by atoms with Crippen molar-refractivity contribution in [2.75, 3.05) is 13.3 Å². The van der Waals surface area contributed by atoms with Crippen molar-refractivity contribution >= 4 is 16.8 Å². The van der Waals surface area contributed by atoms with Crippen molar-refractivity contribution in [1.29, 1.82) is 0 Å². The highest BCUT2D eigenvalue weighted by Crippen LogP contribution is 2.34. The molecule has 0 saturated heterocycles. The van der Waals surface area contributed by atoms with E-state index in [-0.39, 0.29) is 18.3 Å². The molecule has 7 nitrogen and oxygen atoms in total. The number of benzene rings is 3. The highest BCUT2D eigenvalue weighted by atomic mass is 16.7. The van der Waals surface area contributed by atoms with Gasteiger partial charge in [0.25, 0.3) is 11.5 Å². The molecule has 0 spiro atoms. The van der Waals surface area contributed by atoms with Crippen LogP contribution in [0.3, 0.4) is 0 Å². The first-order chi connectivity index (χ1) is 17.5. The first kappa shape index (κ1) is 23.6. The van der Waals surface area contributed by atoms with Gasteiger partial charge in [0.1, 0.15) is 5.82 Å². The highest BCUT2D eigenvalue weighted by Gasteiger charge is 2.28. The molecule has 0 fully saturated rings. The number of ether oxygens (including phenoxy) is 2. The van der Waals surface area contributed by atoms with Crippen molar-refractivity contribution in [3.63, 3.8) is 0 Å². The zero-order valence-corrected chi connectivity index (χ0v) is 20.7. The van der Waals surface area contributed by atoms with Gasteiger partial charge >= 0.3 is 0 Å². The van der Waals surface area contributed by atoms with Gasteiger partial charge < -0.3 is 14.4 Å². The fourth-order valence-electron chi connectivity index (χ4n) is 4.58. The molecule has 0 N–H and O–H groups in total. The van der Waals surface area contributed by atoms with E-state index in [1.807, 2.05) is 56.3 Å². The Morgan fingerprint density at radius 1 is 1.06 bits per heavy atom. The topological polar surface area (TPSA) is 73.7 Å². The normalized spacial score (nSPS) is 13.1. The zero-order valence-electron chi connectivity index (χ0n) is 20.7. The molecule has 1 unspecified atom stereocenters. The predicted octanol–water partition coefficient (Wildman–Crippen LogP) is 5.43. The third-order valence-electron chi connectivity index (χ3n) is 6.54. The molecule has 0 bridgehead atoms. The number of nitrogens with zero attached hydrogens (tertiary/aromatic N) is 3. The van der Waals surface area contributed by atoms with Gasteiger partial charge in [-0.3, -0.25) is 14.2 Å². The molecular formula is C29H29N3O4. The van der Waals surface area contributed by atoms with E-state index in [2.05, 4.69) is 6.92 Å². The predicted molar refractivity (Wildman–Crippen MR) is 139 cm³/mol. The van der Waals surface area contributed by atoms with Crippen molar-refractivity contribution in [3.8, 4) is 17.2 Å². The minimum atomic E-state index is -0.465. The Morgan fingerprint density at radius 3 is 2.67 bits per heavy atom. The molecule has 3 aromatic carbocycles. The summed E-state index contributed by atoms with van der Waals surface area (Å²) >= 11 is 0.